The van der Waals surface area contributed by atoms with Crippen LogP contribution in [0.15, 0.2) is 23.3 Å². The van der Waals surface area contributed by atoms with Crippen molar-refractivity contribution >= 4 is 18.4 Å². The minimum atomic E-state index is 0.479. The van der Waals surface area contributed by atoms with Crippen molar-refractivity contribution in [1.82, 2.24) is 14.9 Å². The van der Waals surface area contributed by atoms with Gasteiger partial charge in [-0.25, -0.2) is 0 Å². The minimum Gasteiger partial charge on any atom is -0.490 e. The van der Waals surface area contributed by atoms with E-state index in [1.54, 1.807) is 10.9 Å². The van der Waals surface area contributed by atoms with Crippen LogP contribution in [0.4, 0.5) is 0 Å². The maximum Gasteiger partial charge on any atom is 0.216 e. The second-order valence-corrected chi connectivity index (χ2v) is 5.58. The molecular weight excluding hydrogens is 324 g/mol. The summed E-state index contributed by atoms with van der Waals surface area (Å²) in [5, 5.41) is 11.3. The molecule has 0 radical (unpaired) electrons. The van der Waals surface area contributed by atoms with Crippen LogP contribution in [-0.4, -0.2) is 34.3 Å². The van der Waals surface area contributed by atoms with Gasteiger partial charge in [-0.3, -0.25) is 5.10 Å². The first-order chi connectivity index (χ1) is 11.7. The number of aromatic nitrogens is 3. The molecule has 0 saturated carbocycles. The lowest BCUT2D eigenvalue weighted by Crippen LogP contribution is -2.02. The van der Waals surface area contributed by atoms with Crippen LogP contribution in [-0.2, 0) is 6.42 Å². The number of nitrogens with one attached hydrogen (secondary N) is 1. The van der Waals surface area contributed by atoms with E-state index in [9.17, 15) is 0 Å². The highest BCUT2D eigenvalue weighted by Crippen LogP contribution is 2.28. The first-order valence-corrected chi connectivity index (χ1v) is 8.70. The molecule has 0 bridgehead atoms. The molecule has 0 amide bonds. The monoisotopic (exact) mass is 348 g/mol. The van der Waals surface area contributed by atoms with E-state index in [1.165, 1.54) is 0 Å². The molecule has 0 aliphatic rings. The largest absolute Gasteiger partial charge is 0.490 e. The third kappa shape index (κ3) is 4.67. The van der Waals surface area contributed by atoms with Crippen LogP contribution in [0.25, 0.3) is 0 Å². The highest BCUT2D eigenvalue weighted by atomic mass is 32.1. The van der Waals surface area contributed by atoms with Gasteiger partial charge in [0.15, 0.2) is 17.3 Å². The van der Waals surface area contributed by atoms with Crippen molar-refractivity contribution in [3.8, 4) is 11.5 Å². The average molecular weight is 348 g/mol. The number of benzene rings is 1. The lowest BCUT2D eigenvalue weighted by Gasteiger charge is -2.12. The summed E-state index contributed by atoms with van der Waals surface area (Å²) in [6, 6.07) is 5.78. The van der Waals surface area contributed by atoms with Crippen molar-refractivity contribution in [2.45, 2.75) is 40.0 Å². The predicted molar refractivity (Wildman–Crippen MR) is 97.8 cm³/mol. The Morgan fingerprint density at radius 1 is 1.25 bits per heavy atom. The molecule has 0 fully saturated rings. The molecule has 6 nitrogen and oxygen atoms in total. The number of aryl methyl sites for hydroxylation is 1. The van der Waals surface area contributed by atoms with Gasteiger partial charge in [-0.15, -0.1) is 0 Å². The zero-order valence-corrected chi connectivity index (χ0v) is 15.2. The van der Waals surface area contributed by atoms with Crippen LogP contribution in [0.1, 0.15) is 45.0 Å². The summed E-state index contributed by atoms with van der Waals surface area (Å²) in [5.74, 6) is 2.28. The van der Waals surface area contributed by atoms with Gasteiger partial charge < -0.3 is 9.47 Å². The van der Waals surface area contributed by atoms with E-state index in [1.807, 2.05) is 32.0 Å². The van der Waals surface area contributed by atoms with Crippen molar-refractivity contribution < 1.29 is 9.47 Å². The first-order valence-electron chi connectivity index (χ1n) is 8.29. The second kappa shape index (κ2) is 9.22. The summed E-state index contributed by atoms with van der Waals surface area (Å²) in [7, 11) is 0. The predicted octanol–water partition coefficient (Wildman–Crippen LogP) is 3.96. The highest BCUT2D eigenvalue weighted by molar-refractivity contribution is 7.71. The Kier molecular flexibility index (Phi) is 6.99. The van der Waals surface area contributed by atoms with Crippen molar-refractivity contribution in [1.29, 1.82) is 0 Å². The summed E-state index contributed by atoms with van der Waals surface area (Å²) in [4.78, 5) is 0. The molecule has 1 heterocycles. The van der Waals surface area contributed by atoms with Crippen molar-refractivity contribution in [3.63, 3.8) is 0 Å². The van der Waals surface area contributed by atoms with Gasteiger partial charge in [0, 0.05) is 6.42 Å². The molecule has 0 aliphatic carbocycles. The maximum absolute atomic E-state index is 5.78. The fourth-order valence-corrected chi connectivity index (χ4v) is 2.31. The zero-order chi connectivity index (χ0) is 17.4. The molecule has 0 saturated heterocycles. The number of ether oxygens (including phenoxy) is 2. The second-order valence-electron chi connectivity index (χ2n) is 5.20. The number of hydrogen-bond acceptors (Lipinski definition) is 5. The van der Waals surface area contributed by atoms with Gasteiger partial charge in [0.1, 0.15) is 0 Å². The molecule has 2 aromatic rings. The summed E-state index contributed by atoms with van der Waals surface area (Å²) in [6.07, 6.45) is 4.61. The molecular formula is C17H24N4O2S. The third-order valence-electron chi connectivity index (χ3n) is 3.38. The van der Waals surface area contributed by atoms with Gasteiger partial charge in [0.05, 0.1) is 19.4 Å². The van der Waals surface area contributed by atoms with E-state index < -0.39 is 0 Å². The third-order valence-corrected chi connectivity index (χ3v) is 3.64. The Hall–Kier alpha value is -2.15. The zero-order valence-electron chi connectivity index (χ0n) is 14.4. The highest BCUT2D eigenvalue weighted by Gasteiger charge is 2.06. The van der Waals surface area contributed by atoms with Gasteiger partial charge in [-0.2, -0.15) is 14.9 Å². The molecule has 7 heteroatoms. The van der Waals surface area contributed by atoms with Crippen LogP contribution >= 0.6 is 12.2 Å². The molecule has 2 rings (SSSR count). The number of H-pyrrole nitrogens is 1. The number of hydrogen-bond donors (Lipinski definition) is 1. The van der Waals surface area contributed by atoms with Gasteiger partial charge in [0.25, 0.3) is 0 Å². The molecule has 0 spiro atoms. The number of nitrogens with zero attached hydrogens (tertiary/aromatic N) is 3. The van der Waals surface area contributed by atoms with E-state index in [4.69, 9.17) is 21.7 Å². The van der Waals surface area contributed by atoms with Gasteiger partial charge in [-0.1, -0.05) is 20.3 Å². The normalized spacial score (nSPS) is 11.1. The van der Waals surface area contributed by atoms with Gasteiger partial charge >= 0.3 is 0 Å². The molecule has 24 heavy (non-hydrogen) atoms. The number of unbranched alkanes of at least 4 members (excludes halogenated alkanes) is 1. The topological polar surface area (TPSA) is 64.4 Å². The minimum absolute atomic E-state index is 0.479. The van der Waals surface area contributed by atoms with E-state index in [2.05, 4.69) is 22.2 Å². The Balaban J connectivity index is 2.21. The lowest BCUT2D eigenvalue weighted by atomic mass is 10.2. The molecule has 0 unspecified atom stereocenters. The van der Waals surface area contributed by atoms with Gasteiger partial charge in [-0.05, 0) is 49.3 Å². The van der Waals surface area contributed by atoms with E-state index in [0.717, 1.165) is 42.1 Å². The Labute approximate surface area is 147 Å². The summed E-state index contributed by atoms with van der Waals surface area (Å²) in [5.41, 5.74) is 0.909. The summed E-state index contributed by atoms with van der Waals surface area (Å²) in [6.45, 7) is 7.37. The van der Waals surface area contributed by atoms with Crippen LogP contribution in [0.3, 0.4) is 0 Å². The average Bonchev–Trinajstić information content (AvgIpc) is 2.95. The molecule has 0 atom stereocenters. The lowest BCUT2D eigenvalue weighted by molar-refractivity contribution is 0.272. The van der Waals surface area contributed by atoms with Crippen molar-refractivity contribution in [2.75, 3.05) is 13.2 Å². The van der Waals surface area contributed by atoms with Crippen LogP contribution in [0, 0.1) is 4.77 Å². The Morgan fingerprint density at radius 2 is 2.08 bits per heavy atom. The number of rotatable bonds is 9. The van der Waals surface area contributed by atoms with E-state index >= 15 is 0 Å². The van der Waals surface area contributed by atoms with E-state index in [0.29, 0.717) is 18.0 Å². The maximum atomic E-state index is 5.78. The SMILES string of the molecule is CCCCOc1ccc(/C=N/n2c(CC)n[nH]c2=S)cc1OCC. The van der Waals surface area contributed by atoms with Crippen LogP contribution < -0.4 is 9.47 Å². The standard InChI is InChI=1S/C17H24N4O2S/c1-4-7-10-23-14-9-8-13(11-15(14)22-6-3)12-18-21-16(5-2)19-20-17(21)24/h8-9,11-12H,4-7,10H2,1-3H3,(H,20,24)/b18-12+. The fourth-order valence-electron chi connectivity index (χ4n) is 2.12. The van der Waals surface area contributed by atoms with Crippen molar-refractivity contribution in [2.24, 2.45) is 5.10 Å². The van der Waals surface area contributed by atoms with Crippen molar-refractivity contribution in [3.05, 3.63) is 34.4 Å². The molecule has 130 valence electrons. The smallest absolute Gasteiger partial charge is 0.216 e. The van der Waals surface area contributed by atoms with E-state index in [-0.39, 0.29) is 0 Å². The Bertz CT molecular complexity index is 736. The van der Waals surface area contributed by atoms with Crippen LogP contribution in [0.2, 0.25) is 0 Å². The van der Waals surface area contributed by atoms with Crippen LogP contribution in [0.5, 0.6) is 11.5 Å². The first kappa shape index (κ1) is 18.2. The Morgan fingerprint density at radius 3 is 2.79 bits per heavy atom. The summed E-state index contributed by atoms with van der Waals surface area (Å²) >= 11 is 5.19. The molecule has 1 aromatic carbocycles. The van der Waals surface area contributed by atoms with Gasteiger partial charge in [0.2, 0.25) is 4.77 Å². The fraction of sp³-hybridized carbons (Fsp3) is 0.471. The quantitative estimate of drug-likeness (QED) is 0.423. The molecule has 0 aliphatic heterocycles. The summed E-state index contributed by atoms with van der Waals surface area (Å²) < 4.78 is 13.6. The molecule has 1 N–H and O–H groups in total. The number of aromatic amines is 1. The molecule has 1 aromatic heterocycles.